The summed E-state index contributed by atoms with van der Waals surface area (Å²) in [5.41, 5.74) is 2.21. The van der Waals surface area contributed by atoms with Gasteiger partial charge in [0.15, 0.2) is 0 Å². The molecule has 0 bridgehead atoms. The molecule has 0 aliphatic heterocycles. The van der Waals surface area contributed by atoms with E-state index in [-0.39, 0.29) is 17.2 Å². The molecule has 30 heavy (non-hydrogen) atoms. The third-order valence-electron chi connectivity index (χ3n) is 4.30. The first-order valence-corrected chi connectivity index (χ1v) is 11.5. The van der Waals surface area contributed by atoms with Crippen molar-refractivity contribution in [3.05, 3.63) is 48.0 Å². The van der Waals surface area contributed by atoms with E-state index in [1.54, 1.807) is 12.1 Å². The molecule has 162 valence electrons. The minimum atomic E-state index is -3.59. The fraction of sp³-hybridized carbons (Fsp3) is 0.333. The van der Waals surface area contributed by atoms with E-state index in [0.29, 0.717) is 17.4 Å². The number of carbonyl (C=O) groups excluding carboxylic acids is 2. The van der Waals surface area contributed by atoms with Crippen LogP contribution in [0.3, 0.4) is 0 Å². The second-order valence-electron chi connectivity index (χ2n) is 7.20. The fourth-order valence-electron chi connectivity index (χ4n) is 3.08. The van der Waals surface area contributed by atoms with E-state index in [0.717, 1.165) is 18.5 Å². The van der Waals surface area contributed by atoms with E-state index in [1.165, 1.54) is 25.1 Å². The van der Waals surface area contributed by atoms with Gasteiger partial charge < -0.3 is 15.5 Å². The molecular weight excluding hydrogens is 404 g/mol. The number of hydrogen-bond acceptors (Lipinski definition) is 5. The van der Waals surface area contributed by atoms with E-state index >= 15 is 0 Å². The third kappa shape index (κ3) is 6.48. The number of nitrogens with one attached hydrogen (secondary N) is 3. The van der Waals surface area contributed by atoms with Crippen LogP contribution < -0.4 is 20.3 Å². The summed E-state index contributed by atoms with van der Waals surface area (Å²) < 4.78 is 25.7. The highest BCUT2D eigenvalue weighted by molar-refractivity contribution is 7.92. The van der Waals surface area contributed by atoms with Crippen molar-refractivity contribution in [2.75, 3.05) is 33.1 Å². The molecule has 9 heteroatoms. The van der Waals surface area contributed by atoms with Gasteiger partial charge in [0, 0.05) is 36.6 Å². The first-order valence-electron chi connectivity index (χ1n) is 9.57. The van der Waals surface area contributed by atoms with Gasteiger partial charge in [-0.05, 0) is 63.2 Å². The minimum Gasteiger partial charge on any atom is -0.369 e. The van der Waals surface area contributed by atoms with Crippen molar-refractivity contribution in [1.82, 2.24) is 0 Å². The first-order chi connectivity index (χ1) is 14.0. The Morgan fingerprint density at radius 3 is 2.10 bits per heavy atom. The smallest absolute Gasteiger partial charge is 0.257 e. The molecule has 0 aliphatic carbocycles. The van der Waals surface area contributed by atoms with Crippen LogP contribution in [0.2, 0.25) is 0 Å². The summed E-state index contributed by atoms with van der Waals surface area (Å²) in [7, 11) is -3.59. The Balaban J connectivity index is 2.31. The second-order valence-corrected chi connectivity index (χ2v) is 8.94. The molecule has 0 aliphatic rings. The van der Waals surface area contributed by atoms with Gasteiger partial charge in [-0.15, -0.1) is 0 Å². The molecule has 0 aromatic heterocycles. The lowest BCUT2D eigenvalue weighted by Crippen LogP contribution is -2.30. The number of anilines is 4. The van der Waals surface area contributed by atoms with Crippen LogP contribution in [-0.4, -0.2) is 39.1 Å². The molecule has 0 atom stereocenters. The lowest BCUT2D eigenvalue weighted by Gasteiger charge is -2.27. The van der Waals surface area contributed by atoms with Crippen molar-refractivity contribution in [3.8, 4) is 0 Å². The molecular formula is C21H28N4O4S. The Hall–Kier alpha value is -3.07. The number of rotatable bonds is 8. The molecule has 2 aromatic rings. The second kappa shape index (κ2) is 9.62. The van der Waals surface area contributed by atoms with Crippen LogP contribution in [0.4, 0.5) is 22.7 Å². The maximum absolute atomic E-state index is 12.9. The van der Waals surface area contributed by atoms with Gasteiger partial charge in [-0.25, -0.2) is 8.42 Å². The van der Waals surface area contributed by atoms with E-state index in [2.05, 4.69) is 41.0 Å². The molecule has 0 fully saturated rings. The lowest BCUT2D eigenvalue weighted by molar-refractivity contribution is -0.114. The standard InChI is InChI=1S/C21H28N4O4S/c1-6-25(14(2)3)18-10-7-16(8-11-18)23-21(27)19-13-17(22-15(4)26)9-12-20(19)24-30(5,28)29/h7-14,24H,6H2,1-5H3,(H,22,26)(H,23,27). The number of hydrogen-bond donors (Lipinski definition) is 3. The van der Waals surface area contributed by atoms with Crippen molar-refractivity contribution in [2.24, 2.45) is 0 Å². The fourth-order valence-corrected chi connectivity index (χ4v) is 3.66. The van der Waals surface area contributed by atoms with Crippen molar-refractivity contribution in [2.45, 2.75) is 33.7 Å². The van der Waals surface area contributed by atoms with Gasteiger partial charge >= 0.3 is 0 Å². The van der Waals surface area contributed by atoms with Crippen LogP contribution in [-0.2, 0) is 14.8 Å². The maximum atomic E-state index is 12.9. The maximum Gasteiger partial charge on any atom is 0.257 e. The summed E-state index contributed by atoms with van der Waals surface area (Å²) in [5.74, 6) is -0.802. The Morgan fingerprint density at radius 1 is 1.00 bits per heavy atom. The van der Waals surface area contributed by atoms with E-state index < -0.39 is 15.9 Å². The zero-order valence-corrected chi connectivity index (χ0v) is 18.6. The number of benzene rings is 2. The van der Waals surface area contributed by atoms with Gasteiger partial charge in [-0.2, -0.15) is 0 Å². The zero-order valence-electron chi connectivity index (χ0n) is 17.8. The van der Waals surface area contributed by atoms with Crippen LogP contribution in [0, 0.1) is 0 Å². The van der Waals surface area contributed by atoms with Crippen molar-refractivity contribution >= 4 is 44.6 Å². The van der Waals surface area contributed by atoms with Crippen LogP contribution in [0.1, 0.15) is 38.1 Å². The van der Waals surface area contributed by atoms with E-state index in [4.69, 9.17) is 0 Å². The number of nitrogens with zero attached hydrogens (tertiary/aromatic N) is 1. The van der Waals surface area contributed by atoms with Gasteiger partial charge in [0.05, 0.1) is 17.5 Å². The van der Waals surface area contributed by atoms with Crippen LogP contribution in [0.5, 0.6) is 0 Å². The van der Waals surface area contributed by atoms with Gasteiger partial charge in [-0.3, -0.25) is 14.3 Å². The average molecular weight is 433 g/mol. The first kappa shape index (κ1) is 23.2. The predicted molar refractivity (Wildman–Crippen MR) is 122 cm³/mol. The van der Waals surface area contributed by atoms with Crippen LogP contribution >= 0.6 is 0 Å². The molecule has 2 amide bonds. The quantitative estimate of drug-likeness (QED) is 0.592. The molecule has 0 saturated carbocycles. The molecule has 3 N–H and O–H groups in total. The number of amides is 2. The SMILES string of the molecule is CCN(c1ccc(NC(=O)c2cc(NC(C)=O)ccc2NS(C)(=O)=O)cc1)C(C)C. The van der Waals surface area contributed by atoms with E-state index in [1.807, 2.05) is 12.1 Å². The highest BCUT2D eigenvalue weighted by atomic mass is 32.2. The molecule has 2 rings (SSSR count). The molecule has 0 heterocycles. The van der Waals surface area contributed by atoms with Gasteiger partial charge in [0.1, 0.15) is 0 Å². The summed E-state index contributed by atoms with van der Waals surface area (Å²) in [4.78, 5) is 26.4. The topological polar surface area (TPSA) is 108 Å². The highest BCUT2D eigenvalue weighted by Gasteiger charge is 2.16. The van der Waals surface area contributed by atoms with Crippen LogP contribution in [0.15, 0.2) is 42.5 Å². The summed E-state index contributed by atoms with van der Waals surface area (Å²) in [5, 5.41) is 5.36. The van der Waals surface area contributed by atoms with Gasteiger partial charge in [0.25, 0.3) is 5.91 Å². The Bertz CT molecular complexity index is 1020. The normalized spacial score (nSPS) is 11.1. The zero-order chi connectivity index (χ0) is 22.5. The molecule has 0 radical (unpaired) electrons. The van der Waals surface area contributed by atoms with Crippen molar-refractivity contribution in [1.29, 1.82) is 0 Å². The van der Waals surface area contributed by atoms with Crippen molar-refractivity contribution < 1.29 is 18.0 Å². The van der Waals surface area contributed by atoms with Crippen LogP contribution in [0.25, 0.3) is 0 Å². The summed E-state index contributed by atoms with van der Waals surface area (Å²) in [6, 6.07) is 12.1. The molecule has 2 aromatic carbocycles. The summed E-state index contributed by atoms with van der Waals surface area (Å²) >= 11 is 0. The van der Waals surface area contributed by atoms with Gasteiger partial charge in [-0.1, -0.05) is 0 Å². The summed E-state index contributed by atoms with van der Waals surface area (Å²) in [6.45, 7) is 8.50. The van der Waals surface area contributed by atoms with Crippen molar-refractivity contribution in [3.63, 3.8) is 0 Å². The third-order valence-corrected chi connectivity index (χ3v) is 4.89. The molecule has 0 saturated heterocycles. The number of sulfonamides is 1. The van der Waals surface area contributed by atoms with Gasteiger partial charge in [0.2, 0.25) is 15.9 Å². The monoisotopic (exact) mass is 432 g/mol. The Kier molecular flexibility index (Phi) is 7.44. The molecule has 0 spiro atoms. The number of carbonyl (C=O) groups is 2. The van der Waals surface area contributed by atoms with E-state index in [9.17, 15) is 18.0 Å². The Labute approximate surface area is 177 Å². The molecule has 0 unspecified atom stereocenters. The molecule has 8 nitrogen and oxygen atoms in total. The lowest BCUT2D eigenvalue weighted by atomic mass is 10.1. The average Bonchev–Trinajstić information content (AvgIpc) is 2.63. The summed E-state index contributed by atoms with van der Waals surface area (Å²) in [6.07, 6.45) is 1.00. The Morgan fingerprint density at radius 2 is 1.60 bits per heavy atom. The highest BCUT2D eigenvalue weighted by Crippen LogP contribution is 2.24. The minimum absolute atomic E-state index is 0.0908. The predicted octanol–water partition coefficient (Wildman–Crippen LogP) is 3.50. The largest absolute Gasteiger partial charge is 0.369 e.